The second kappa shape index (κ2) is 15.9. The monoisotopic (exact) mass is 726 g/mol. The van der Waals surface area contributed by atoms with Gasteiger partial charge in [0.1, 0.15) is 65.0 Å². The minimum Gasteiger partial charge on any atom is -0.508 e. The van der Waals surface area contributed by atoms with E-state index in [1.807, 2.05) is 0 Å². The smallest absolute Gasteiger partial charge is 0.331 e. The van der Waals surface area contributed by atoms with Gasteiger partial charge >= 0.3 is 11.9 Å². The first-order valence-corrected chi connectivity index (χ1v) is 16.3. The zero-order valence-corrected chi connectivity index (χ0v) is 27.7. The number of aliphatic hydroxyl groups excluding tert-OH is 2. The highest BCUT2D eigenvalue weighted by Crippen LogP contribution is 2.43. The number of benzene rings is 4. The van der Waals surface area contributed by atoms with Crippen molar-refractivity contribution < 1.29 is 68.7 Å². The number of phenolic OH excluding ortho intramolecular Hbond substituents is 4. The van der Waals surface area contributed by atoms with Crippen LogP contribution in [0, 0.1) is 0 Å². The Kier molecular flexibility index (Phi) is 10.9. The molecule has 6 atom stereocenters. The van der Waals surface area contributed by atoms with Gasteiger partial charge in [-0.05, 0) is 65.2 Å². The highest BCUT2D eigenvalue weighted by Gasteiger charge is 2.48. The van der Waals surface area contributed by atoms with Gasteiger partial charge in [0.05, 0.1) is 6.42 Å². The Hall–Kier alpha value is -6.35. The molecular formula is C39H34O14. The molecule has 1 fully saturated rings. The van der Waals surface area contributed by atoms with Crippen molar-refractivity contribution in [2.24, 2.45) is 0 Å². The van der Waals surface area contributed by atoms with Crippen molar-refractivity contribution in [2.45, 2.75) is 43.2 Å². The van der Waals surface area contributed by atoms with Crippen molar-refractivity contribution >= 4 is 29.9 Å². The van der Waals surface area contributed by atoms with Crippen LogP contribution in [0.15, 0.2) is 97.1 Å². The fourth-order valence-electron chi connectivity index (χ4n) is 5.65. The summed E-state index contributed by atoms with van der Waals surface area (Å²) >= 11 is 0. The third-order valence-corrected chi connectivity index (χ3v) is 8.38. The van der Waals surface area contributed by atoms with Crippen LogP contribution < -0.4 is 9.47 Å². The molecule has 2 heterocycles. The Morgan fingerprint density at radius 3 is 1.92 bits per heavy atom. The van der Waals surface area contributed by atoms with Gasteiger partial charge in [0.15, 0.2) is 18.0 Å². The van der Waals surface area contributed by atoms with E-state index in [0.717, 1.165) is 18.2 Å². The predicted molar refractivity (Wildman–Crippen MR) is 185 cm³/mol. The van der Waals surface area contributed by atoms with Crippen molar-refractivity contribution in [2.75, 3.05) is 6.61 Å². The molecule has 0 spiro atoms. The fourth-order valence-corrected chi connectivity index (χ4v) is 5.65. The summed E-state index contributed by atoms with van der Waals surface area (Å²) in [6, 6.07) is 20.4. The number of fused-ring (bicyclic) bond motifs is 1. The average molecular weight is 727 g/mol. The molecule has 2 aliphatic rings. The minimum atomic E-state index is -1.83. The lowest BCUT2D eigenvalue weighted by Crippen LogP contribution is -2.61. The molecule has 4 aromatic carbocycles. The third-order valence-electron chi connectivity index (χ3n) is 8.38. The summed E-state index contributed by atoms with van der Waals surface area (Å²) in [6.45, 7) is -0.578. The van der Waals surface area contributed by atoms with E-state index >= 15 is 0 Å². The summed E-state index contributed by atoms with van der Waals surface area (Å²) in [5.41, 5.74) is 1.63. The van der Waals surface area contributed by atoms with Crippen LogP contribution in [0.5, 0.6) is 34.5 Å². The molecule has 0 radical (unpaired) electrons. The standard InChI is InChI=1S/C39H34O14/c40-24-9-1-21(2-10-24)5-15-33(45)49-20-32-36(47)38(53-34(46)16-6-22-3-11-25(41)12-4-22)37(48)39(52-32)50-27-17-28(43)35-29(44)19-30(51-31(35)18-27)23-7-13-26(42)14-8-23/h1-18,30,32,36-43,47-48H,19-20H2/t30-,32+,36+,37+,38-,39+/m0/s1. The van der Waals surface area contributed by atoms with E-state index in [1.54, 1.807) is 36.4 Å². The van der Waals surface area contributed by atoms with Gasteiger partial charge in [-0.2, -0.15) is 0 Å². The molecule has 1 saturated heterocycles. The summed E-state index contributed by atoms with van der Waals surface area (Å²) in [5.74, 6) is -2.77. The van der Waals surface area contributed by atoms with Crippen LogP contribution in [-0.4, -0.2) is 85.7 Å². The molecule has 0 amide bonds. The molecule has 0 aromatic heterocycles. The molecule has 4 aromatic rings. The van der Waals surface area contributed by atoms with E-state index in [9.17, 15) is 45.0 Å². The normalized spacial score (nSPS) is 22.6. The van der Waals surface area contributed by atoms with Crippen molar-refractivity contribution in [3.05, 3.63) is 119 Å². The third kappa shape index (κ3) is 8.94. The number of aliphatic hydroxyl groups is 2. The molecule has 0 saturated carbocycles. The molecule has 0 aliphatic carbocycles. The maximum absolute atomic E-state index is 13.0. The van der Waals surface area contributed by atoms with Crippen molar-refractivity contribution in [3.8, 4) is 34.5 Å². The lowest BCUT2D eigenvalue weighted by Gasteiger charge is -2.41. The zero-order valence-electron chi connectivity index (χ0n) is 27.7. The highest BCUT2D eigenvalue weighted by atomic mass is 16.7. The largest absolute Gasteiger partial charge is 0.508 e. The van der Waals surface area contributed by atoms with Crippen LogP contribution in [-0.2, 0) is 23.8 Å². The first-order valence-electron chi connectivity index (χ1n) is 16.3. The molecule has 53 heavy (non-hydrogen) atoms. The molecule has 2 aliphatic heterocycles. The molecule has 6 rings (SSSR count). The van der Waals surface area contributed by atoms with Gasteiger partial charge in [0.25, 0.3) is 0 Å². The molecular weight excluding hydrogens is 692 g/mol. The van der Waals surface area contributed by atoms with Crippen molar-refractivity contribution in [1.82, 2.24) is 0 Å². The van der Waals surface area contributed by atoms with Gasteiger partial charge in [-0.25, -0.2) is 9.59 Å². The number of aromatic hydroxyl groups is 4. The molecule has 274 valence electrons. The fraction of sp³-hybridized carbons (Fsp3) is 0.205. The summed E-state index contributed by atoms with van der Waals surface area (Å²) in [6.07, 6.45) is -4.20. The second-order valence-electron chi connectivity index (χ2n) is 12.2. The van der Waals surface area contributed by atoms with Gasteiger partial charge in [0.2, 0.25) is 6.29 Å². The van der Waals surface area contributed by atoms with Crippen LogP contribution in [0.1, 0.15) is 39.6 Å². The molecule has 0 bridgehead atoms. The van der Waals surface area contributed by atoms with Gasteiger partial charge in [-0.1, -0.05) is 36.4 Å². The minimum absolute atomic E-state index is 0.0226. The van der Waals surface area contributed by atoms with Gasteiger partial charge in [0, 0.05) is 24.3 Å². The first kappa shape index (κ1) is 36.4. The molecule has 6 N–H and O–H groups in total. The summed E-state index contributed by atoms with van der Waals surface area (Å²) in [5, 5.41) is 61.9. The molecule has 0 unspecified atom stereocenters. The number of ketones is 1. The van der Waals surface area contributed by atoms with E-state index in [4.69, 9.17) is 23.7 Å². The summed E-state index contributed by atoms with van der Waals surface area (Å²) < 4.78 is 28.4. The lowest BCUT2D eigenvalue weighted by molar-refractivity contribution is -0.281. The van der Waals surface area contributed by atoms with Crippen LogP contribution in [0.25, 0.3) is 12.2 Å². The summed E-state index contributed by atoms with van der Waals surface area (Å²) in [4.78, 5) is 38.4. The Labute approximate surface area is 302 Å². The maximum Gasteiger partial charge on any atom is 0.331 e. The van der Waals surface area contributed by atoms with Gasteiger partial charge in [-0.15, -0.1) is 0 Å². The summed E-state index contributed by atoms with van der Waals surface area (Å²) in [7, 11) is 0. The second-order valence-corrected chi connectivity index (χ2v) is 12.2. The quantitative estimate of drug-likeness (QED) is 0.101. The highest BCUT2D eigenvalue weighted by molar-refractivity contribution is 6.02. The van der Waals surface area contributed by atoms with Crippen LogP contribution in [0.2, 0.25) is 0 Å². The Bertz CT molecular complexity index is 2000. The Morgan fingerprint density at radius 2 is 1.32 bits per heavy atom. The number of phenols is 4. The number of hydrogen-bond donors (Lipinski definition) is 6. The Balaban J connectivity index is 1.21. The number of rotatable bonds is 10. The van der Waals surface area contributed by atoms with Crippen molar-refractivity contribution in [1.29, 1.82) is 0 Å². The number of hydrogen-bond acceptors (Lipinski definition) is 14. The van der Waals surface area contributed by atoms with Crippen LogP contribution >= 0.6 is 0 Å². The number of carbonyl (C=O) groups is 3. The van der Waals surface area contributed by atoms with E-state index < -0.39 is 66.9 Å². The lowest BCUT2D eigenvalue weighted by atomic mass is 9.95. The van der Waals surface area contributed by atoms with E-state index in [1.165, 1.54) is 54.6 Å². The van der Waals surface area contributed by atoms with Crippen molar-refractivity contribution in [3.63, 3.8) is 0 Å². The number of ether oxygens (including phenoxy) is 5. The van der Waals surface area contributed by atoms with E-state index in [2.05, 4.69) is 0 Å². The number of Topliss-reactive ketones (excluding diaryl/α,β-unsaturated/α-hetero) is 1. The van der Waals surface area contributed by atoms with E-state index in [-0.39, 0.29) is 40.7 Å². The molecule has 14 heteroatoms. The SMILES string of the molecule is O=C(C=Cc1ccc(O)cc1)OC[C@H]1O[C@@H](Oc2cc(O)c3c(c2)O[C@H](c2ccc(O)cc2)CC3=O)[C@H](O)[C@@H](OC(=O)C=Cc2ccc(O)cc2)[C@@H]1O. The first-order chi connectivity index (χ1) is 25.4. The van der Waals surface area contributed by atoms with Gasteiger partial charge < -0.3 is 54.3 Å². The van der Waals surface area contributed by atoms with E-state index in [0.29, 0.717) is 16.7 Å². The van der Waals surface area contributed by atoms with Crippen LogP contribution in [0.4, 0.5) is 0 Å². The number of carbonyl (C=O) groups excluding carboxylic acids is 3. The average Bonchev–Trinajstić information content (AvgIpc) is 3.13. The Morgan fingerprint density at radius 1 is 0.755 bits per heavy atom. The predicted octanol–water partition coefficient (Wildman–Crippen LogP) is 3.92. The van der Waals surface area contributed by atoms with Crippen LogP contribution in [0.3, 0.4) is 0 Å². The topological polar surface area (TPSA) is 219 Å². The van der Waals surface area contributed by atoms with Gasteiger partial charge in [-0.3, -0.25) is 4.79 Å². The molecule has 14 nitrogen and oxygen atoms in total. The number of esters is 2. The zero-order chi connectivity index (χ0) is 37.6. The maximum atomic E-state index is 13.0.